The van der Waals surface area contributed by atoms with Gasteiger partial charge in [0.25, 0.3) is 5.91 Å². The molecule has 0 aliphatic carbocycles. The van der Waals surface area contributed by atoms with Gasteiger partial charge < -0.3 is 10.0 Å². The van der Waals surface area contributed by atoms with Crippen molar-refractivity contribution in [1.29, 1.82) is 0 Å². The van der Waals surface area contributed by atoms with E-state index in [4.69, 9.17) is 5.11 Å². The molecule has 0 bridgehead atoms. The van der Waals surface area contributed by atoms with Gasteiger partial charge in [0.2, 0.25) is 0 Å². The van der Waals surface area contributed by atoms with Crippen LogP contribution in [-0.2, 0) is 4.79 Å². The summed E-state index contributed by atoms with van der Waals surface area (Å²) in [5, 5.41) is 16.7. The number of aliphatic carboxylic acids is 1. The van der Waals surface area contributed by atoms with Gasteiger partial charge in [0.05, 0.1) is 11.5 Å². The number of fused-ring (bicyclic) bond motifs is 1. The summed E-state index contributed by atoms with van der Waals surface area (Å²) < 4.78 is 1.67. The average molecular weight is 274 g/mol. The minimum absolute atomic E-state index is 0.147. The monoisotopic (exact) mass is 274 g/mol. The molecule has 1 atom stereocenters. The predicted molar refractivity (Wildman–Crippen MR) is 69.3 cm³/mol. The number of aromatic nitrogens is 3. The molecule has 7 heteroatoms. The highest BCUT2D eigenvalue weighted by Crippen LogP contribution is 2.19. The van der Waals surface area contributed by atoms with E-state index < -0.39 is 11.9 Å². The molecule has 2 aromatic heterocycles. The second kappa shape index (κ2) is 4.92. The van der Waals surface area contributed by atoms with Gasteiger partial charge in [-0.1, -0.05) is 0 Å². The summed E-state index contributed by atoms with van der Waals surface area (Å²) in [7, 11) is 0. The van der Waals surface area contributed by atoms with Gasteiger partial charge in [-0.3, -0.25) is 14.0 Å². The van der Waals surface area contributed by atoms with E-state index in [9.17, 15) is 9.59 Å². The molecule has 7 nitrogen and oxygen atoms in total. The number of amides is 1. The summed E-state index contributed by atoms with van der Waals surface area (Å²) in [6, 6.07) is 3.41. The highest BCUT2D eigenvalue weighted by Gasteiger charge is 2.28. The lowest BCUT2D eigenvalue weighted by atomic mass is 9.98. The second-order valence-corrected chi connectivity index (χ2v) is 4.94. The lowest BCUT2D eigenvalue weighted by molar-refractivity contribution is -0.143. The Hall–Kier alpha value is -2.44. The maximum Gasteiger partial charge on any atom is 0.308 e. The SMILES string of the molecule is O=C(O)[C@H]1CCCN(C(=O)c2ccc3nncn3c2)C1. The number of carboxylic acids is 1. The molecule has 1 fully saturated rings. The molecule has 3 rings (SSSR count). The third-order valence-corrected chi connectivity index (χ3v) is 3.60. The molecule has 0 aromatic carbocycles. The number of likely N-dealkylation sites (tertiary alicyclic amines) is 1. The predicted octanol–water partition coefficient (Wildman–Crippen LogP) is 0.666. The number of piperidine rings is 1. The molecule has 0 spiro atoms. The van der Waals surface area contributed by atoms with Crippen LogP contribution in [0.4, 0.5) is 0 Å². The van der Waals surface area contributed by atoms with Crippen molar-refractivity contribution in [2.75, 3.05) is 13.1 Å². The lowest BCUT2D eigenvalue weighted by Gasteiger charge is -2.30. The molecule has 104 valence electrons. The minimum atomic E-state index is -0.836. The van der Waals surface area contributed by atoms with Crippen LogP contribution >= 0.6 is 0 Å². The van der Waals surface area contributed by atoms with Gasteiger partial charge in [0.1, 0.15) is 6.33 Å². The molecule has 0 radical (unpaired) electrons. The fraction of sp³-hybridized carbons (Fsp3) is 0.385. The first-order valence-electron chi connectivity index (χ1n) is 6.46. The molecular formula is C13H14N4O3. The first kappa shape index (κ1) is 12.6. The number of hydrogen-bond acceptors (Lipinski definition) is 4. The lowest BCUT2D eigenvalue weighted by Crippen LogP contribution is -2.42. The first-order valence-corrected chi connectivity index (χ1v) is 6.46. The Labute approximate surface area is 114 Å². The standard InChI is InChI=1S/C13H14N4O3/c18-12(16-5-1-2-10(7-16)13(19)20)9-3-4-11-15-14-8-17(11)6-9/h3-4,6,8,10H,1-2,5,7H2,(H,19,20)/t10-/m0/s1. The number of pyridine rings is 1. The Morgan fingerprint density at radius 1 is 1.35 bits per heavy atom. The number of hydrogen-bond donors (Lipinski definition) is 1. The summed E-state index contributed by atoms with van der Waals surface area (Å²) >= 11 is 0. The summed E-state index contributed by atoms with van der Waals surface area (Å²) in [6.45, 7) is 0.872. The number of carboxylic acid groups (broad SMARTS) is 1. The van der Waals surface area contributed by atoms with Gasteiger partial charge in [-0.25, -0.2) is 0 Å². The van der Waals surface area contributed by atoms with Crippen LogP contribution in [0.25, 0.3) is 5.65 Å². The van der Waals surface area contributed by atoms with Gasteiger partial charge in [0, 0.05) is 19.3 Å². The fourth-order valence-corrected chi connectivity index (χ4v) is 2.50. The Morgan fingerprint density at radius 2 is 2.20 bits per heavy atom. The number of carbonyl (C=O) groups is 2. The van der Waals surface area contributed by atoms with Gasteiger partial charge in [0.15, 0.2) is 5.65 Å². The first-order chi connectivity index (χ1) is 9.65. The Balaban J connectivity index is 1.82. The van der Waals surface area contributed by atoms with Gasteiger partial charge in [-0.2, -0.15) is 0 Å². The van der Waals surface area contributed by atoms with Crippen LogP contribution in [0.3, 0.4) is 0 Å². The zero-order valence-electron chi connectivity index (χ0n) is 10.8. The zero-order chi connectivity index (χ0) is 14.1. The summed E-state index contributed by atoms with van der Waals surface area (Å²) in [5.74, 6) is -1.45. The van der Waals surface area contributed by atoms with Crippen LogP contribution in [0.1, 0.15) is 23.2 Å². The molecule has 1 N–H and O–H groups in total. The Bertz CT molecular complexity index is 666. The summed E-state index contributed by atoms with van der Waals surface area (Å²) in [5.41, 5.74) is 1.19. The highest BCUT2D eigenvalue weighted by atomic mass is 16.4. The summed E-state index contributed by atoms with van der Waals surface area (Å²) in [4.78, 5) is 25.1. The quantitative estimate of drug-likeness (QED) is 0.869. The van der Waals surface area contributed by atoms with Crippen molar-refractivity contribution in [3.63, 3.8) is 0 Å². The van der Waals surface area contributed by atoms with E-state index in [0.717, 1.165) is 6.42 Å². The zero-order valence-corrected chi connectivity index (χ0v) is 10.8. The Morgan fingerprint density at radius 3 is 3.00 bits per heavy atom. The largest absolute Gasteiger partial charge is 0.481 e. The molecule has 1 amide bonds. The topological polar surface area (TPSA) is 87.8 Å². The van der Waals surface area contributed by atoms with Gasteiger partial charge >= 0.3 is 5.97 Å². The van der Waals surface area contributed by atoms with Crippen molar-refractivity contribution in [3.05, 3.63) is 30.2 Å². The molecule has 1 aliphatic heterocycles. The molecular weight excluding hydrogens is 260 g/mol. The molecule has 3 heterocycles. The van der Waals surface area contributed by atoms with E-state index in [1.54, 1.807) is 27.6 Å². The van der Waals surface area contributed by atoms with E-state index in [1.165, 1.54) is 6.33 Å². The van der Waals surface area contributed by atoms with Gasteiger partial charge in [-0.05, 0) is 25.0 Å². The molecule has 1 aliphatic rings. The second-order valence-electron chi connectivity index (χ2n) is 4.94. The van der Waals surface area contributed by atoms with Crippen molar-refractivity contribution in [2.24, 2.45) is 5.92 Å². The number of nitrogens with zero attached hydrogens (tertiary/aromatic N) is 4. The maximum atomic E-state index is 12.4. The van der Waals surface area contributed by atoms with Crippen LogP contribution < -0.4 is 0 Å². The highest BCUT2D eigenvalue weighted by molar-refractivity contribution is 5.94. The van der Waals surface area contributed by atoms with Crippen LogP contribution in [0.2, 0.25) is 0 Å². The van der Waals surface area contributed by atoms with E-state index >= 15 is 0 Å². The minimum Gasteiger partial charge on any atom is -0.481 e. The van der Waals surface area contributed by atoms with E-state index in [1.807, 2.05) is 0 Å². The molecule has 0 unspecified atom stereocenters. The van der Waals surface area contributed by atoms with E-state index in [0.29, 0.717) is 24.2 Å². The molecule has 2 aromatic rings. The third-order valence-electron chi connectivity index (χ3n) is 3.60. The normalized spacial score (nSPS) is 19.2. The van der Waals surface area contributed by atoms with E-state index in [-0.39, 0.29) is 12.5 Å². The smallest absolute Gasteiger partial charge is 0.308 e. The van der Waals surface area contributed by atoms with Crippen LogP contribution in [-0.4, -0.2) is 49.6 Å². The van der Waals surface area contributed by atoms with Crippen molar-refractivity contribution >= 4 is 17.5 Å². The van der Waals surface area contributed by atoms with Crippen molar-refractivity contribution in [3.8, 4) is 0 Å². The Kier molecular flexibility index (Phi) is 3.09. The van der Waals surface area contributed by atoms with E-state index in [2.05, 4.69) is 10.2 Å². The summed E-state index contributed by atoms with van der Waals surface area (Å²) in [6.07, 6.45) is 4.55. The number of carbonyl (C=O) groups excluding carboxylic acids is 1. The van der Waals surface area contributed by atoms with Crippen molar-refractivity contribution < 1.29 is 14.7 Å². The average Bonchev–Trinajstić information content (AvgIpc) is 2.94. The number of rotatable bonds is 2. The maximum absolute atomic E-state index is 12.4. The molecule has 20 heavy (non-hydrogen) atoms. The van der Waals surface area contributed by atoms with Crippen molar-refractivity contribution in [2.45, 2.75) is 12.8 Å². The van der Waals surface area contributed by atoms with Crippen LogP contribution in [0, 0.1) is 5.92 Å². The van der Waals surface area contributed by atoms with Crippen LogP contribution in [0.15, 0.2) is 24.7 Å². The van der Waals surface area contributed by atoms with Gasteiger partial charge in [-0.15, -0.1) is 10.2 Å². The fourth-order valence-electron chi connectivity index (χ4n) is 2.50. The molecule has 0 saturated carbocycles. The third kappa shape index (κ3) is 2.22. The van der Waals surface area contributed by atoms with Crippen LogP contribution in [0.5, 0.6) is 0 Å². The molecule has 1 saturated heterocycles. The van der Waals surface area contributed by atoms with Crippen molar-refractivity contribution in [1.82, 2.24) is 19.5 Å².